The van der Waals surface area contributed by atoms with Gasteiger partial charge in [-0.1, -0.05) is 12.1 Å². The molecule has 7 nitrogen and oxygen atoms in total. The van der Waals surface area contributed by atoms with Crippen LogP contribution in [-0.2, 0) is 10.0 Å². The van der Waals surface area contributed by atoms with Crippen LogP contribution in [0.4, 0.5) is 5.69 Å². The van der Waals surface area contributed by atoms with Gasteiger partial charge in [-0.2, -0.15) is 5.10 Å². The third kappa shape index (κ3) is 2.50. The number of nitrogens with zero attached hydrogens (tertiary/aromatic N) is 1. The van der Waals surface area contributed by atoms with Crippen LogP contribution in [0.2, 0.25) is 0 Å². The number of benzene rings is 1. The molecule has 0 atom stereocenters. The van der Waals surface area contributed by atoms with Gasteiger partial charge in [0.2, 0.25) is 0 Å². The van der Waals surface area contributed by atoms with Crippen molar-refractivity contribution in [3.63, 3.8) is 0 Å². The molecule has 0 saturated carbocycles. The van der Waals surface area contributed by atoms with Gasteiger partial charge >= 0.3 is 0 Å². The molecular weight excluding hydrogens is 278 g/mol. The molecule has 1 aromatic heterocycles. The van der Waals surface area contributed by atoms with Crippen LogP contribution in [-0.4, -0.2) is 24.5 Å². The van der Waals surface area contributed by atoms with Crippen LogP contribution in [0.25, 0.3) is 0 Å². The highest BCUT2D eigenvalue weighted by molar-refractivity contribution is 7.92. The van der Waals surface area contributed by atoms with Crippen molar-refractivity contribution in [2.24, 2.45) is 5.73 Å². The van der Waals surface area contributed by atoms with Crippen molar-refractivity contribution in [2.45, 2.75) is 18.7 Å². The first kappa shape index (κ1) is 14.1. The summed E-state index contributed by atoms with van der Waals surface area (Å²) in [5.74, 6) is -0.205. The molecule has 0 spiro atoms. The molecule has 0 aliphatic rings. The van der Waals surface area contributed by atoms with E-state index < -0.39 is 10.0 Å². The van der Waals surface area contributed by atoms with E-state index in [0.29, 0.717) is 17.0 Å². The fourth-order valence-electron chi connectivity index (χ4n) is 1.94. The summed E-state index contributed by atoms with van der Waals surface area (Å²) in [4.78, 5) is 0.107. The highest BCUT2D eigenvalue weighted by atomic mass is 32.2. The molecule has 20 heavy (non-hydrogen) atoms. The maximum Gasteiger partial charge on any atom is 0.265 e. The Morgan fingerprint density at radius 1 is 1.35 bits per heavy atom. The van der Waals surface area contributed by atoms with E-state index >= 15 is 0 Å². The fourth-order valence-corrected chi connectivity index (χ4v) is 3.39. The van der Waals surface area contributed by atoms with Crippen molar-refractivity contribution < 1.29 is 8.42 Å². The van der Waals surface area contributed by atoms with Gasteiger partial charge in [-0.15, -0.1) is 0 Å². The SMILES string of the molecule is Cc1n[nH]c(C)c1S(=O)(=O)Nc1ccccc1C(=N)N. The first-order valence-electron chi connectivity index (χ1n) is 5.80. The highest BCUT2D eigenvalue weighted by Gasteiger charge is 2.23. The zero-order valence-electron chi connectivity index (χ0n) is 11.1. The molecule has 1 aromatic carbocycles. The van der Waals surface area contributed by atoms with Crippen LogP contribution < -0.4 is 10.5 Å². The number of nitrogens with one attached hydrogen (secondary N) is 3. The molecule has 0 radical (unpaired) electrons. The highest BCUT2D eigenvalue weighted by Crippen LogP contribution is 2.22. The minimum absolute atomic E-state index is 0.107. The third-order valence-corrected chi connectivity index (χ3v) is 4.42. The lowest BCUT2D eigenvalue weighted by Gasteiger charge is -2.11. The van der Waals surface area contributed by atoms with Crippen molar-refractivity contribution in [3.05, 3.63) is 41.2 Å². The minimum Gasteiger partial charge on any atom is -0.384 e. The Morgan fingerprint density at radius 2 is 2.00 bits per heavy atom. The van der Waals surface area contributed by atoms with E-state index in [1.807, 2.05) is 0 Å². The zero-order chi connectivity index (χ0) is 14.9. The Bertz CT molecular complexity index is 744. The number of amidine groups is 1. The summed E-state index contributed by atoms with van der Waals surface area (Å²) in [7, 11) is -3.78. The number of sulfonamides is 1. The predicted octanol–water partition coefficient (Wildman–Crippen LogP) is 1.11. The molecule has 0 saturated heterocycles. The second-order valence-electron chi connectivity index (χ2n) is 4.33. The topological polar surface area (TPSA) is 125 Å². The van der Waals surface area contributed by atoms with E-state index in [0.717, 1.165) is 0 Å². The quantitative estimate of drug-likeness (QED) is 0.497. The lowest BCUT2D eigenvalue weighted by atomic mass is 10.2. The van der Waals surface area contributed by atoms with Crippen LogP contribution >= 0.6 is 0 Å². The van der Waals surface area contributed by atoms with E-state index in [2.05, 4.69) is 14.9 Å². The van der Waals surface area contributed by atoms with E-state index in [-0.39, 0.29) is 16.4 Å². The van der Waals surface area contributed by atoms with E-state index in [1.54, 1.807) is 38.1 Å². The molecule has 0 bridgehead atoms. The monoisotopic (exact) mass is 293 g/mol. The van der Waals surface area contributed by atoms with Gasteiger partial charge in [-0.05, 0) is 26.0 Å². The average molecular weight is 293 g/mol. The Labute approximate surface area is 116 Å². The molecule has 0 aliphatic heterocycles. The number of aromatic amines is 1. The number of rotatable bonds is 4. The Hall–Kier alpha value is -2.35. The first-order valence-corrected chi connectivity index (χ1v) is 7.29. The molecule has 106 valence electrons. The molecule has 2 aromatic rings. The lowest BCUT2D eigenvalue weighted by molar-refractivity contribution is 0.600. The largest absolute Gasteiger partial charge is 0.384 e. The normalized spacial score (nSPS) is 11.3. The molecule has 0 aliphatic carbocycles. The molecule has 8 heteroatoms. The van der Waals surface area contributed by atoms with Gasteiger partial charge in [0.1, 0.15) is 10.7 Å². The fraction of sp³-hybridized carbons (Fsp3) is 0.167. The number of aryl methyl sites for hydroxylation is 2. The van der Waals surface area contributed by atoms with Crippen molar-refractivity contribution in [1.29, 1.82) is 5.41 Å². The number of hydrogen-bond acceptors (Lipinski definition) is 4. The van der Waals surface area contributed by atoms with Crippen molar-refractivity contribution in [2.75, 3.05) is 4.72 Å². The number of anilines is 1. The van der Waals surface area contributed by atoms with E-state index in [4.69, 9.17) is 11.1 Å². The molecule has 0 unspecified atom stereocenters. The van der Waals surface area contributed by atoms with E-state index in [9.17, 15) is 8.42 Å². The van der Waals surface area contributed by atoms with E-state index in [1.165, 1.54) is 0 Å². The third-order valence-electron chi connectivity index (χ3n) is 2.79. The molecular formula is C12H15N5O2S. The summed E-state index contributed by atoms with van der Waals surface area (Å²) in [5, 5.41) is 14.0. The Balaban J connectivity index is 2.47. The number of H-pyrrole nitrogens is 1. The van der Waals surface area contributed by atoms with Crippen molar-refractivity contribution >= 4 is 21.5 Å². The van der Waals surface area contributed by atoms with Gasteiger partial charge in [-0.25, -0.2) is 8.42 Å². The maximum atomic E-state index is 12.4. The summed E-state index contributed by atoms with van der Waals surface area (Å²) in [6.45, 7) is 3.24. The van der Waals surface area contributed by atoms with Gasteiger partial charge in [-0.3, -0.25) is 15.2 Å². The number of para-hydroxylation sites is 1. The van der Waals surface area contributed by atoms with Crippen LogP contribution in [0, 0.1) is 19.3 Å². The van der Waals surface area contributed by atoms with Crippen LogP contribution in [0.5, 0.6) is 0 Å². The zero-order valence-corrected chi connectivity index (χ0v) is 11.9. The van der Waals surface area contributed by atoms with Crippen LogP contribution in [0.15, 0.2) is 29.2 Å². The number of nitrogen functional groups attached to an aromatic ring is 1. The maximum absolute atomic E-state index is 12.4. The Morgan fingerprint density at radius 3 is 2.55 bits per heavy atom. The second-order valence-corrected chi connectivity index (χ2v) is 5.95. The van der Waals surface area contributed by atoms with Crippen LogP contribution in [0.3, 0.4) is 0 Å². The van der Waals surface area contributed by atoms with Crippen molar-refractivity contribution in [3.8, 4) is 0 Å². The first-order chi connectivity index (χ1) is 9.33. The average Bonchev–Trinajstić information content (AvgIpc) is 2.69. The smallest absolute Gasteiger partial charge is 0.265 e. The van der Waals surface area contributed by atoms with Gasteiger partial charge < -0.3 is 5.73 Å². The molecule has 0 amide bonds. The van der Waals surface area contributed by atoms with Gasteiger partial charge in [0, 0.05) is 5.56 Å². The summed E-state index contributed by atoms with van der Waals surface area (Å²) in [6.07, 6.45) is 0. The lowest BCUT2D eigenvalue weighted by Crippen LogP contribution is -2.19. The van der Waals surface area contributed by atoms with Gasteiger partial charge in [0.05, 0.1) is 17.1 Å². The summed E-state index contributed by atoms with van der Waals surface area (Å²) in [6, 6.07) is 6.48. The van der Waals surface area contributed by atoms with Crippen molar-refractivity contribution in [1.82, 2.24) is 10.2 Å². The minimum atomic E-state index is -3.78. The Kier molecular flexibility index (Phi) is 3.49. The predicted molar refractivity (Wildman–Crippen MR) is 76.3 cm³/mol. The summed E-state index contributed by atoms with van der Waals surface area (Å²) in [5.41, 5.74) is 6.87. The summed E-state index contributed by atoms with van der Waals surface area (Å²) < 4.78 is 27.2. The molecule has 2 rings (SSSR count). The van der Waals surface area contributed by atoms with Crippen LogP contribution in [0.1, 0.15) is 17.0 Å². The summed E-state index contributed by atoms with van der Waals surface area (Å²) >= 11 is 0. The standard InChI is InChI=1S/C12H15N5O2S/c1-7-11(8(2)16-15-7)20(18,19)17-10-6-4-3-5-9(10)12(13)14/h3-6,17H,1-2H3,(H3,13,14)(H,15,16). The number of aromatic nitrogens is 2. The van der Waals surface area contributed by atoms with Gasteiger partial charge in [0.15, 0.2) is 0 Å². The molecule has 1 heterocycles. The second kappa shape index (κ2) is 4.97. The number of hydrogen-bond donors (Lipinski definition) is 4. The number of nitrogens with two attached hydrogens (primary N) is 1. The van der Waals surface area contributed by atoms with Gasteiger partial charge in [0.25, 0.3) is 10.0 Å². The molecule has 0 fully saturated rings. The molecule has 5 N–H and O–H groups in total.